The fraction of sp³-hybridized carbons (Fsp3) is 0.467. The molecule has 1 aromatic heterocycles. The number of para-hydroxylation sites is 1. The van der Waals surface area contributed by atoms with Crippen LogP contribution in [0.3, 0.4) is 0 Å². The molecule has 96 valence electrons. The van der Waals surface area contributed by atoms with Crippen molar-refractivity contribution in [3.05, 3.63) is 35.5 Å². The third-order valence-electron chi connectivity index (χ3n) is 3.83. The number of aromatic amines is 1. The largest absolute Gasteiger partial charge is 0.357 e. The molecule has 2 N–H and O–H groups in total. The van der Waals surface area contributed by atoms with Gasteiger partial charge in [-0.25, -0.2) is 0 Å². The lowest BCUT2D eigenvalue weighted by atomic mass is 9.81. The molecule has 3 heteroatoms. The maximum atomic E-state index is 10.2. The van der Waals surface area contributed by atoms with E-state index < -0.39 is 0 Å². The maximum absolute atomic E-state index is 10.2. The molecular formula is C15H20N2O. The summed E-state index contributed by atoms with van der Waals surface area (Å²) in [6.07, 6.45) is 0.905. The van der Waals surface area contributed by atoms with Crippen LogP contribution in [0.4, 0.5) is 0 Å². The molecule has 1 unspecified atom stereocenters. The van der Waals surface area contributed by atoms with Gasteiger partial charge in [-0.3, -0.25) is 0 Å². The first-order valence-electron chi connectivity index (χ1n) is 6.53. The Kier molecular flexibility index (Phi) is 2.50. The Hall–Kier alpha value is -1.32. The molecule has 1 aliphatic rings. The number of hydrogen-bond acceptors (Lipinski definition) is 2. The van der Waals surface area contributed by atoms with E-state index in [0.717, 1.165) is 6.42 Å². The Balaban J connectivity index is 2.23. The first kappa shape index (κ1) is 11.8. The first-order valence-corrected chi connectivity index (χ1v) is 6.53. The van der Waals surface area contributed by atoms with Gasteiger partial charge in [-0.2, -0.15) is 5.06 Å². The fourth-order valence-electron chi connectivity index (χ4n) is 3.11. The molecule has 0 saturated carbocycles. The minimum absolute atomic E-state index is 0.00476. The Labute approximate surface area is 107 Å². The van der Waals surface area contributed by atoms with Crippen molar-refractivity contribution >= 4 is 10.9 Å². The normalized spacial score (nSPS) is 21.2. The number of benzene rings is 1. The third-order valence-corrected chi connectivity index (χ3v) is 3.83. The molecule has 3 nitrogen and oxygen atoms in total. The zero-order valence-electron chi connectivity index (χ0n) is 11.2. The van der Waals surface area contributed by atoms with Gasteiger partial charge in [0.1, 0.15) is 0 Å². The summed E-state index contributed by atoms with van der Waals surface area (Å²) in [5, 5.41) is 13.0. The molecule has 1 atom stereocenters. The predicted octanol–water partition coefficient (Wildman–Crippen LogP) is 3.50. The standard InChI is InChI=1S/C15H20N2O/c1-15(2,3)14-13-11(8-9-17(14)18)10-6-4-5-7-12(10)16-13/h4-7,14,16,18H,8-9H2,1-3H3. The summed E-state index contributed by atoms with van der Waals surface area (Å²) < 4.78 is 0. The molecule has 18 heavy (non-hydrogen) atoms. The molecule has 1 aliphatic heterocycles. The van der Waals surface area contributed by atoms with E-state index in [1.807, 2.05) is 6.07 Å². The molecule has 0 spiro atoms. The number of rotatable bonds is 0. The summed E-state index contributed by atoms with van der Waals surface area (Å²) in [5.74, 6) is 0. The lowest BCUT2D eigenvalue weighted by molar-refractivity contribution is -0.162. The zero-order valence-corrected chi connectivity index (χ0v) is 11.2. The molecule has 2 heterocycles. The summed E-state index contributed by atoms with van der Waals surface area (Å²) in [5.41, 5.74) is 3.73. The number of nitrogens with zero attached hydrogens (tertiary/aromatic N) is 1. The smallest absolute Gasteiger partial charge is 0.0800 e. The van der Waals surface area contributed by atoms with E-state index in [1.165, 1.54) is 27.2 Å². The summed E-state index contributed by atoms with van der Waals surface area (Å²) >= 11 is 0. The molecule has 0 amide bonds. The lowest BCUT2D eigenvalue weighted by Gasteiger charge is -2.39. The van der Waals surface area contributed by atoms with Crippen LogP contribution in [0.2, 0.25) is 0 Å². The molecule has 0 saturated heterocycles. The number of H-pyrrole nitrogens is 1. The van der Waals surface area contributed by atoms with Gasteiger partial charge in [0.2, 0.25) is 0 Å². The van der Waals surface area contributed by atoms with E-state index >= 15 is 0 Å². The summed E-state index contributed by atoms with van der Waals surface area (Å²) in [4.78, 5) is 3.50. The molecular weight excluding hydrogens is 224 g/mol. The number of hydroxylamine groups is 2. The van der Waals surface area contributed by atoms with Gasteiger partial charge in [0.05, 0.1) is 6.04 Å². The predicted molar refractivity (Wildman–Crippen MR) is 72.7 cm³/mol. The van der Waals surface area contributed by atoms with Crippen LogP contribution in [0.1, 0.15) is 38.1 Å². The fourth-order valence-corrected chi connectivity index (χ4v) is 3.11. The average Bonchev–Trinajstić information content (AvgIpc) is 2.64. The van der Waals surface area contributed by atoms with Crippen LogP contribution in [0.5, 0.6) is 0 Å². The van der Waals surface area contributed by atoms with Crippen molar-refractivity contribution in [2.24, 2.45) is 5.41 Å². The van der Waals surface area contributed by atoms with Crippen LogP contribution < -0.4 is 0 Å². The topological polar surface area (TPSA) is 39.3 Å². The van der Waals surface area contributed by atoms with Crippen LogP contribution in [0, 0.1) is 5.41 Å². The zero-order chi connectivity index (χ0) is 12.9. The molecule has 0 aliphatic carbocycles. The van der Waals surface area contributed by atoms with Crippen molar-refractivity contribution in [1.29, 1.82) is 0 Å². The van der Waals surface area contributed by atoms with Crippen molar-refractivity contribution in [2.45, 2.75) is 33.2 Å². The third kappa shape index (κ3) is 1.66. The Morgan fingerprint density at radius 2 is 2.00 bits per heavy atom. The van der Waals surface area contributed by atoms with Gasteiger partial charge in [-0.1, -0.05) is 39.0 Å². The number of hydrogen-bond donors (Lipinski definition) is 2. The molecule has 1 aromatic carbocycles. The van der Waals surface area contributed by atoms with Crippen LogP contribution in [-0.2, 0) is 6.42 Å². The second-order valence-electron chi connectivity index (χ2n) is 6.24. The number of nitrogens with one attached hydrogen (secondary N) is 1. The Bertz CT molecular complexity index is 580. The van der Waals surface area contributed by atoms with Crippen molar-refractivity contribution < 1.29 is 5.21 Å². The van der Waals surface area contributed by atoms with Crippen LogP contribution >= 0.6 is 0 Å². The van der Waals surface area contributed by atoms with Gasteiger partial charge < -0.3 is 10.2 Å². The minimum atomic E-state index is 0.00476. The van der Waals surface area contributed by atoms with Gasteiger partial charge in [-0.05, 0) is 23.5 Å². The van der Waals surface area contributed by atoms with Crippen LogP contribution in [0.25, 0.3) is 10.9 Å². The van der Waals surface area contributed by atoms with Crippen molar-refractivity contribution in [3.63, 3.8) is 0 Å². The summed E-state index contributed by atoms with van der Waals surface area (Å²) in [6, 6.07) is 8.43. The van der Waals surface area contributed by atoms with E-state index in [-0.39, 0.29) is 11.5 Å². The monoisotopic (exact) mass is 244 g/mol. The van der Waals surface area contributed by atoms with E-state index in [0.29, 0.717) is 6.54 Å². The Morgan fingerprint density at radius 3 is 2.72 bits per heavy atom. The van der Waals surface area contributed by atoms with E-state index in [4.69, 9.17) is 0 Å². The highest BCUT2D eigenvalue weighted by atomic mass is 16.5. The van der Waals surface area contributed by atoms with E-state index in [9.17, 15) is 5.21 Å². The van der Waals surface area contributed by atoms with Gasteiger partial charge in [0.25, 0.3) is 0 Å². The average molecular weight is 244 g/mol. The highest BCUT2D eigenvalue weighted by Crippen LogP contribution is 2.42. The molecule has 0 radical (unpaired) electrons. The first-order chi connectivity index (χ1) is 8.48. The highest BCUT2D eigenvalue weighted by molar-refractivity contribution is 5.85. The number of aromatic nitrogens is 1. The molecule has 0 bridgehead atoms. The van der Waals surface area contributed by atoms with Crippen molar-refractivity contribution in [3.8, 4) is 0 Å². The summed E-state index contributed by atoms with van der Waals surface area (Å²) in [7, 11) is 0. The maximum Gasteiger partial charge on any atom is 0.0800 e. The van der Waals surface area contributed by atoms with Crippen molar-refractivity contribution in [2.75, 3.05) is 6.54 Å². The lowest BCUT2D eigenvalue weighted by Crippen LogP contribution is -2.39. The van der Waals surface area contributed by atoms with E-state index in [2.05, 4.69) is 44.0 Å². The minimum Gasteiger partial charge on any atom is -0.357 e. The number of fused-ring (bicyclic) bond motifs is 3. The SMILES string of the molecule is CC(C)(C)C1c2[nH]c3ccccc3c2CCN1O. The van der Waals surface area contributed by atoms with E-state index in [1.54, 1.807) is 0 Å². The van der Waals surface area contributed by atoms with Crippen LogP contribution in [-0.4, -0.2) is 21.8 Å². The van der Waals surface area contributed by atoms with Gasteiger partial charge in [0.15, 0.2) is 0 Å². The van der Waals surface area contributed by atoms with Crippen molar-refractivity contribution in [1.82, 2.24) is 10.0 Å². The molecule has 0 fully saturated rings. The van der Waals surface area contributed by atoms with Crippen LogP contribution in [0.15, 0.2) is 24.3 Å². The second-order valence-corrected chi connectivity index (χ2v) is 6.24. The summed E-state index contributed by atoms with van der Waals surface area (Å²) in [6.45, 7) is 7.21. The molecule has 2 aromatic rings. The van der Waals surface area contributed by atoms with Gasteiger partial charge in [0, 0.05) is 23.1 Å². The quantitative estimate of drug-likeness (QED) is 0.744. The van der Waals surface area contributed by atoms with Gasteiger partial charge >= 0.3 is 0 Å². The highest BCUT2D eigenvalue weighted by Gasteiger charge is 2.37. The Morgan fingerprint density at radius 1 is 1.28 bits per heavy atom. The van der Waals surface area contributed by atoms with Gasteiger partial charge in [-0.15, -0.1) is 0 Å². The second kappa shape index (κ2) is 3.84. The molecule has 3 rings (SSSR count).